The van der Waals surface area contributed by atoms with Gasteiger partial charge in [-0.15, -0.1) is 11.3 Å². The molecule has 2 rings (SSSR count). The van der Waals surface area contributed by atoms with Crippen LogP contribution in [0.3, 0.4) is 0 Å². The Hall–Kier alpha value is -0.360. The maximum absolute atomic E-state index is 9.33. The van der Waals surface area contributed by atoms with Crippen LogP contribution in [0.15, 0.2) is 17.6 Å². The lowest BCUT2D eigenvalue weighted by Crippen LogP contribution is -1.73. The van der Waals surface area contributed by atoms with E-state index in [1.165, 1.54) is 0 Å². The number of phenols is 1. The zero-order chi connectivity index (χ0) is 7.84. The van der Waals surface area contributed by atoms with Gasteiger partial charge < -0.3 is 5.11 Å². The molecule has 0 aliphatic carbocycles. The molecule has 0 unspecified atom stereocenters. The van der Waals surface area contributed by atoms with E-state index in [1.807, 2.05) is 6.07 Å². The van der Waals surface area contributed by atoms with Gasteiger partial charge in [0.1, 0.15) is 11.3 Å². The highest BCUT2D eigenvalue weighted by Gasteiger charge is 2.04. The monoisotopic (exact) mass is 277 g/mol. The maximum atomic E-state index is 9.33. The first-order valence-corrected chi connectivity index (χ1v) is 4.95. The van der Waals surface area contributed by atoms with Gasteiger partial charge in [0.05, 0.1) is 10.2 Å². The normalized spacial score (nSPS) is 10.6. The fourth-order valence-electron chi connectivity index (χ4n) is 0.905. The predicted molar refractivity (Wildman–Crippen MR) is 54.0 cm³/mol. The standard InChI is InChI=1S/C7H4INOS/c8-4-1-2-5(10)6-7(4)11-3-9-6/h1-3,10H. The van der Waals surface area contributed by atoms with Crippen LogP contribution in [0.25, 0.3) is 10.2 Å². The highest BCUT2D eigenvalue weighted by molar-refractivity contribution is 14.1. The predicted octanol–water partition coefficient (Wildman–Crippen LogP) is 2.61. The van der Waals surface area contributed by atoms with Crippen LogP contribution in [-0.4, -0.2) is 10.1 Å². The quantitative estimate of drug-likeness (QED) is 0.751. The molecule has 4 heteroatoms. The van der Waals surface area contributed by atoms with E-state index in [2.05, 4.69) is 27.6 Å². The number of aromatic hydroxyl groups is 1. The maximum Gasteiger partial charge on any atom is 0.142 e. The lowest BCUT2D eigenvalue weighted by Gasteiger charge is -1.93. The summed E-state index contributed by atoms with van der Waals surface area (Å²) in [4.78, 5) is 4.04. The molecule has 0 saturated heterocycles. The molecule has 1 N–H and O–H groups in total. The van der Waals surface area contributed by atoms with E-state index in [-0.39, 0.29) is 5.75 Å². The number of phenolic OH excluding ortho intramolecular Hbond substituents is 1. The van der Waals surface area contributed by atoms with Crippen LogP contribution >= 0.6 is 33.9 Å². The van der Waals surface area contributed by atoms with Crippen molar-refractivity contribution in [2.45, 2.75) is 0 Å². The molecular weight excluding hydrogens is 273 g/mol. The van der Waals surface area contributed by atoms with Gasteiger partial charge in [-0.05, 0) is 34.7 Å². The molecule has 0 bridgehead atoms. The second-order valence-electron chi connectivity index (χ2n) is 2.10. The Balaban J connectivity index is 2.96. The second kappa shape index (κ2) is 2.60. The number of nitrogens with zero attached hydrogens (tertiary/aromatic N) is 1. The molecular formula is C7H4INOS. The first kappa shape index (κ1) is 7.30. The van der Waals surface area contributed by atoms with E-state index in [1.54, 1.807) is 22.9 Å². The van der Waals surface area contributed by atoms with Crippen LogP contribution < -0.4 is 0 Å². The Morgan fingerprint density at radius 1 is 1.45 bits per heavy atom. The molecule has 56 valence electrons. The number of halogens is 1. The second-order valence-corrected chi connectivity index (χ2v) is 4.11. The molecule has 0 amide bonds. The van der Waals surface area contributed by atoms with Gasteiger partial charge in [-0.3, -0.25) is 0 Å². The van der Waals surface area contributed by atoms with E-state index < -0.39 is 0 Å². The molecule has 11 heavy (non-hydrogen) atoms. The lowest BCUT2D eigenvalue weighted by molar-refractivity contribution is 0.480. The van der Waals surface area contributed by atoms with Crippen molar-refractivity contribution in [3.05, 3.63) is 21.2 Å². The van der Waals surface area contributed by atoms with Gasteiger partial charge >= 0.3 is 0 Å². The molecule has 2 nitrogen and oxygen atoms in total. The Morgan fingerprint density at radius 2 is 2.27 bits per heavy atom. The average molecular weight is 277 g/mol. The lowest BCUT2D eigenvalue weighted by atomic mass is 10.3. The topological polar surface area (TPSA) is 33.1 Å². The molecule has 0 aliphatic heterocycles. The SMILES string of the molecule is Oc1ccc(I)c2scnc12. The molecule has 2 aromatic rings. The van der Waals surface area contributed by atoms with Crippen molar-refractivity contribution in [3.63, 3.8) is 0 Å². The minimum Gasteiger partial charge on any atom is -0.506 e. The van der Waals surface area contributed by atoms with Crippen LogP contribution in [0.5, 0.6) is 5.75 Å². The van der Waals surface area contributed by atoms with Crippen LogP contribution in [-0.2, 0) is 0 Å². The zero-order valence-corrected chi connectivity index (χ0v) is 8.39. The molecule has 1 heterocycles. The van der Waals surface area contributed by atoms with Crippen molar-refractivity contribution < 1.29 is 5.11 Å². The summed E-state index contributed by atoms with van der Waals surface area (Å²) in [5, 5.41) is 9.33. The number of rotatable bonds is 0. The zero-order valence-electron chi connectivity index (χ0n) is 5.41. The van der Waals surface area contributed by atoms with Gasteiger partial charge in [0.2, 0.25) is 0 Å². The summed E-state index contributed by atoms with van der Waals surface area (Å²) in [6.07, 6.45) is 0. The fraction of sp³-hybridized carbons (Fsp3) is 0. The van der Waals surface area contributed by atoms with Crippen molar-refractivity contribution in [2.24, 2.45) is 0 Å². The van der Waals surface area contributed by atoms with Crippen LogP contribution in [0.4, 0.5) is 0 Å². The first-order valence-electron chi connectivity index (χ1n) is 2.99. The van der Waals surface area contributed by atoms with Crippen LogP contribution in [0.1, 0.15) is 0 Å². The summed E-state index contributed by atoms with van der Waals surface area (Å²) >= 11 is 3.78. The van der Waals surface area contributed by atoms with Crippen LogP contribution in [0.2, 0.25) is 0 Å². The number of hydrogen-bond donors (Lipinski definition) is 1. The van der Waals surface area contributed by atoms with E-state index in [0.717, 1.165) is 8.27 Å². The largest absolute Gasteiger partial charge is 0.506 e. The Morgan fingerprint density at radius 3 is 3.00 bits per heavy atom. The minimum atomic E-state index is 0.265. The van der Waals surface area contributed by atoms with Gasteiger partial charge in [0.15, 0.2) is 0 Å². The smallest absolute Gasteiger partial charge is 0.142 e. The van der Waals surface area contributed by atoms with Gasteiger partial charge in [0.25, 0.3) is 0 Å². The Kier molecular flexibility index (Phi) is 1.72. The average Bonchev–Trinajstić information content (AvgIpc) is 2.45. The Bertz CT molecular complexity index is 362. The number of thiazole rings is 1. The van der Waals surface area contributed by atoms with Crippen molar-refractivity contribution >= 4 is 44.1 Å². The molecule has 0 spiro atoms. The number of benzene rings is 1. The van der Waals surface area contributed by atoms with E-state index in [9.17, 15) is 5.11 Å². The van der Waals surface area contributed by atoms with Crippen molar-refractivity contribution in [1.29, 1.82) is 0 Å². The van der Waals surface area contributed by atoms with Crippen molar-refractivity contribution in [3.8, 4) is 5.75 Å². The third kappa shape index (κ3) is 1.10. The number of hydrogen-bond acceptors (Lipinski definition) is 3. The first-order chi connectivity index (χ1) is 5.29. The summed E-state index contributed by atoms with van der Waals surface area (Å²) in [5.41, 5.74) is 2.45. The van der Waals surface area contributed by atoms with Gasteiger partial charge in [-0.1, -0.05) is 0 Å². The molecule has 0 fully saturated rings. The summed E-state index contributed by atoms with van der Waals surface area (Å²) in [6, 6.07) is 3.56. The fourth-order valence-corrected chi connectivity index (χ4v) is 2.43. The van der Waals surface area contributed by atoms with Gasteiger partial charge in [0, 0.05) is 3.57 Å². The highest BCUT2D eigenvalue weighted by Crippen LogP contribution is 2.30. The molecule has 0 atom stereocenters. The number of fused-ring (bicyclic) bond motifs is 1. The molecule has 0 radical (unpaired) electrons. The van der Waals surface area contributed by atoms with E-state index in [0.29, 0.717) is 5.52 Å². The van der Waals surface area contributed by atoms with Crippen molar-refractivity contribution in [1.82, 2.24) is 4.98 Å². The number of aromatic nitrogens is 1. The summed E-state index contributed by atoms with van der Waals surface area (Å²) in [6.45, 7) is 0. The van der Waals surface area contributed by atoms with Gasteiger partial charge in [-0.2, -0.15) is 0 Å². The van der Waals surface area contributed by atoms with E-state index >= 15 is 0 Å². The van der Waals surface area contributed by atoms with E-state index in [4.69, 9.17) is 0 Å². The summed E-state index contributed by atoms with van der Waals surface area (Å²) < 4.78 is 2.20. The summed E-state index contributed by atoms with van der Waals surface area (Å²) in [5.74, 6) is 0.265. The van der Waals surface area contributed by atoms with Crippen molar-refractivity contribution in [2.75, 3.05) is 0 Å². The minimum absolute atomic E-state index is 0.265. The van der Waals surface area contributed by atoms with Crippen LogP contribution in [0, 0.1) is 3.57 Å². The summed E-state index contributed by atoms with van der Waals surface area (Å²) in [7, 11) is 0. The molecule has 1 aromatic heterocycles. The Labute approximate surface area is 81.0 Å². The molecule has 1 aromatic carbocycles. The molecule has 0 saturated carbocycles. The molecule has 0 aliphatic rings. The van der Waals surface area contributed by atoms with Gasteiger partial charge in [-0.25, -0.2) is 4.98 Å². The third-order valence-corrected chi connectivity index (χ3v) is 3.54. The highest BCUT2D eigenvalue weighted by atomic mass is 127. The third-order valence-electron chi connectivity index (χ3n) is 1.41.